The summed E-state index contributed by atoms with van der Waals surface area (Å²) in [4.78, 5) is 22.9. The van der Waals surface area contributed by atoms with Gasteiger partial charge in [-0.05, 0) is 13.0 Å². The summed E-state index contributed by atoms with van der Waals surface area (Å²) >= 11 is 0. The van der Waals surface area contributed by atoms with E-state index in [0.29, 0.717) is 6.07 Å². The largest absolute Gasteiger partial charge is 0.398 e. The molecule has 0 saturated carbocycles. The van der Waals surface area contributed by atoms with E-state index >= 15 is 0 Å². The van der Waals surface area contributed by atoms with Gasteiger partial charge in [0.1, 0.15) is 6.04 Å². The number of anilines is 1. The molecule has 0 spiro atoms. The second kappa shape index (κ2) is 5.44. The Labute approximate surface area is 102 Å². The molecule has 98 valence electrons. The molecule has 5 nitrogen and oxygen atoms in total. The van der Waals surface area contributed by atoms with E-state index in [4.69, 9.17) is 5.73 Å². The number of nitrogens with two attached hydrogens (primary N) is 1. The summed E-state index contributed by atoms with van der Waals surface area (Å²) in [6.45, 7) is 1.45. The van der Waals surface area contributed by atoms with Crippen molar-refractivity contribution in [3.8, 4) is 0 Å². The van der Waals surface area contributed by atoms with Crippen molar-refractivity contribution in [2.24, 2.45) is 0 Å². The maximum Gasteiger partial charge on any atom is 0.254 e. The van der Waals surface area contributed by atoms with Crippen molar-refractivity contribution >= 4 is 17.5 Å². The topological polar surface area (TPSA) is 84.2 Å². The van der Waals surface area contributed by atoms with Gasteiger partial charge in [-0.1, -0.05) is 0 Å². The Hall–Kier alpha value is -2.18. The monoisotopic (exact) mass is 257 g/mol. The average Bonchev–Trinajstić information content (AvgIpc) is 2.32. The van der Waals surface area contributed by atoms with Crippen LogP contribution < -0.4 is 16.4 Å². The van der Waals surface area contributed by atoms with Gasteiger partial charge in [-0.25, -0.2) is 8.78 Å². The molecule has 7 heteroatoms. The maximum absolute atomic E-state index is 13.0. The molecule has 18 heavy (non-hydrogen) atoms. The highest BCUT2D eigenvalue weighted by Gasteiger charge is 2.18. The zero-order valence-corrected chi connectivity index (χ0v) is 9.88. The highest BCUT2D eigenvalue weighted by molar-refractivity contribution is 6.01. The van der Waals surface area contributed by atoms with Crippen LogP contribution in [0.3, 0.4) is 0 Å². The van der Waals surface area contributed by atoms with Gasteiger partial charge in [-0.2, -0.15) is 0 Å². The van der Waals surface area contributed by atoms with Gasteiger partial charge in [0, 0.05) is 18.8 Å². The van der Waals surface area contributed by atoms with E-state index in [1.807, 2.05) is 0 Å². The minimum atomic E-state index is -1.18. The zero-order valence-electron chi connectivity index (χ0n) is 9.88. The van der Waals surface area contributed by atoms with E-state index in [0.717, 1.165) is 6.07 Å². The van der Waals surface area contributed by atoms with Crippen molar-refractivity contribution in [2.45, 2.75) is 13.0 Å². The highest BCUT2D eigenvalue weighted by Crippen LogP contribution is 2.16. The third kappa shape index (κ3) is 2.93. The lowest BCUT2D eigenvalue weighted by molar-refractivity contribution is -0.122. The minimum absolute atomic E-state index is 0.199. The molecule has 0 saturated heterocycles. The van der Waals surface area contributed by atoms with Crippen molar-refractivity contribution in [1.82, 2.24) is 10.6 Å². The van der Waals surface area contributed by atoms with E-state index < -0.39 is 29.5 Å². The molecule has 1 rings (SSSR count). The lowest BCUT2D eigenvalue weighted by Gasteiger charge is -2.13. The molecule has 0 aliphatic heterocycles. The molecule has 1 aromatic carbocycles. The molecular formula is C11H13F2N3O2. The number of hydrogen-bond donors (Lipinski definition) is 3. The van der Waals surface area contributed by atoms with E-state index in [1.165, 1.54) is 14.0 Å². The highest BCUT2D eigenvalue weighted by atomic mass is 19.2. The molecule has 4 N–H and O–H groups in total. The lowest BCUT2D eigenvalue weighted by Crippen LogP contribution is -2.43. The molecule has 0 bridgehead atoms. The van der Waals surface area contributed by atoms with Crippen molar-refractivity contribution < 1.29 is 18.4 Å². The second-order valence-electron chi connectivity index (χ2n) is 3.66. The first-order chi connectivity index (χ1) is 8.36. The predicted molar refractivity (Wildman–Crippen MR) is 61.8 cm³/mol. The Kier molecular flexibility index (Phi) is 4.19. The number of rotatable bonds is 3. The van der Waals surface area contributed by atoms with Gasteiger partial charge < -0.3 is 16.4 Å². The van der Waals surface area contributed by atoms with Crippen molar-refractivity contribution in [1.29, 1.82) is 0 Å². The smallest absolute Gasteiger partial charge is 0.254 e. The van der Waals surface area contributed by atoms with Crippen LogP contribution in [0.25, 0.3) is 0 Å². The van der Waals surface area contributed by atoms with Crippen LogP contribution in [-0.2, 0) is 4.79 Å². The van der Waals surface area contributed by atoms with Gasteiger partial charge in [-0.15, -0.1) is 0 Å². The van der Waals surface area contributed by atoms with Crippen LogP contribution in [0.15, 0.2) is 12.1 Å². The number of nitrogen functional groups attached to an aromatic ring is 1. The summed E-state index contributed by atoms with van der Waals surface area (Å²) < 4.78 is 25.8. The van der Waals surface area contributed by atoms with Crippen molar-refractivity contribution in [2.75, 3.05) is 12.8 Å². The molecular weight excluding hydrogens is 244 g/mol. The van der Waals surface area contributed by atoms with Gasteiger partial charge in [0.25, 0.3) is 5.91 Å². The first-order valence-electron chi connectivity index (χ1n) is 5.13. The number of nitrogens with one attached hydrogen (secondary N) is 2. The Morgan fingerprint density at radius 1 is 1.28 bits per heavy atom. The maximum atomic E-state index is 13.0. The molecule has 0 aromatic heterocycles. The van der Waals surface area contributed by atoms with E-state index in [9.17, 15) is 18.4 Å². The average molecular weight is 257 g/mol. The van der Waals surface area contributed by atoms with Crippen molar-refractivity contribution in [3.05, 3.63) is 29.3 Å². The summed E-state index contributed by atoms with van der Waals surface area (Å²) in [6.07, 6.45) is 0. The first-order valence-corrected chi connectivity index (χ1v) is 5.13. The first kappa shape index (κ1) is 13.9. The molecule has 0 heterocycles. The fraction of sp³-hybridized carbons (Fsp3) is 0.273. The Morgan fingerprint density at radius 2 is 1.83 bits per heavy atom. The van der Waals surface area contributed by atoms with Crippen LogP contribution in [0.5, 0.6) is 0 Å². The number of halogens is 2. The quantitative estimate of drug-likeness (QED) is 0.686. The number of carbonyl (C=O) groups excluding carboxylic acids is 2. The zero-order chi connectivity index (χ0) is 13.9. The number of benzene rings is 1. The number of likely N-dealkylation sites (N-methyl/N-ethyl adjacent to an activating group) is 1. The van der Waals surface area contributed by atoms with E-state index in [-0.39, 0.29) is 11.3 Å². The Bertz CT molecular complexity index is 491. The molecule has 1 atom stereocenters. The summed E-state index contributed by atoms with van der Waals surface area (Å²) in [5, 5.41) is 4.65. The molecule has 0 fully saturated rings. The summed E-state index contributed by atoms with van der Waals surface area (Å²) in [7, 11) is 1.41. The summed E-state index contributed by atoms with van der Waals surface area (Å²) in [5.41, 5.74) is 4.99. The molecule has 1 unspecified atom stereocenters. The number of hydrogen-bond acceptors (Lipinski definition) is 3. The van der Waals surface area contributed by atoms with Gasteiger partial charge in [0.15, 0.2) is 11.6 Å². The fourth-order valence-electron chi connectivity index (χ4n) is 1.32. The standard InChI is InChI=1S/C11H13F2N3O2/c1-5(10(17)15-2)16-11(18)6-3-7(12)8(13)4-9(6)14/h3-5H,14H2,1-2H3,(H,15,17)(H,16,18). The molecule has 2 amide bonds. The number of carbonyl (C=O) groups is 2. The lowest BCUT2D eigenvalue weighted by atomic mass is 10.1. The van der Waals surface area contributed by atoms with Crippen molar-refractivity contribution in [3.63, 3.8) is 0 Å². The Morgan fingerprint density at radius 3 is 2.39 bits per heavy atom. The van der Waals surface area contributed by atoms with Crippen LogP contribution in [-0.4, -0.2) is 24.9 Å². The van der Waals surface area contributed by atoms with Crippen LogP contribution >= 0.6 is 0 Å². The minimum Gasteiger partial charge on any atom is -0.398 e. The predicted octanol–water partition coefficient (Wildman–Crippen LogP) is 0.411. The number of amides is 2. The van der Waals surface area contributed by atoms with Gasteiger partial charge in [0.2, 0.25) is 5.91 Å². The molecule has 0 radical (unpaired) electrons. The molecule has 0 aliphatic carbocycles. The van der Waals surface area contributed by atoms with E-state index in [2.05, 4.69) is 10.6 Å². The third-order valence-corrected chi connectivity index (χ3v) is 2.32. The fourth-order valence-corrected chi connectivity index (χ4v) is 1.32. The summed E-state index contributed by atoms with van der Waals surface area (Å²) in [5.74, 6) is -3.47. The molecule has 0 aliphatic rings. The third-order valence-electron chi connectivity index (χ3n) is 2.32. The second-order valence-corrected chi connectivity index (χ2v) is 3.66. The molecule has 1 aromatic rings. The van der Waals surface area contributed by atoms with Gasteiger partial charge >= 0.3 is 0 Å². The SMILES string of the molecule is CNC(=O)C(C)NC(=O)c1cc(F)c(F)cc1N. The van der Waals surface area contributed by atoms with Gasteiger partial charge in [-0.3, -0.25) is 9.59 Å². The normalized spacial score (nSPS) is 11.8. The Balaban J connectivity index is 2.91. The van der Waals surface area contributed by atoms with E-state index in [1.54, 1.807) is 0 Å². The summed E-state index contributed by atoms with van der Waals surface area (Å²) in [6, 6.07) is 0.598. The van der Waals surface area contributed by atoms with Crippen LogP contribution in [0.4, 0.5) is 14.5 Å². The van der Waals surface area contributed by atoms with Crippen LogP contribution in [0.2, 0.25) is 0 Å². The van der Waals surface area contributed by atoms with Crippen LogP contribution in [0.1, 0.15) is 17.3 Å². The van der Waals surface area contributed by atoms with Gasteiger partial charge in [0.05, 0.1) is 5.56 Å². The van der Waals surface area contributed by atoms with Crippen LogP contribution in [0, 0.1) is 11.6 Å².